The summed E-state index contributed by atoms with van der Waals surface area (Å²) >= 11 is 0. The number of fused-ring (bicyclic) bond motifs is 1. The maximum atomic E-state index is 14.2. The lowest BCUT2D eigenvalue weighted by molar-refractivity contribution is -0.141. The average molecular weight is 968 g/mol. The smallest absolute Gasteiger partial charge is 0.243 e. The van der Waals surface area contributed by atoms with Crippen LogP contribution in [0.4, 0.5) is 16.0 Å². The number of aliphatic hydroxyl groups excluding tert-OH is 1. The number of amides is 2. The minimum absolute atomic E-state index is 0.0434. The lowest BCUT2D eigenvalue weighted by atomic mass is 9.86. The number of nitrogens with one attached hydrogen (secondary N) is 1. The third-order valence-electron chi connectivity index (χ3n) is 14.7. The second-order valence-corrected chi connectivity index (χ2v) is 20.1. The van der Waals surface area contributed by atoms with Gasteiger partial charge in [0.15, 0.2) is 17.4 Å². The fourth-order valence-corrected chi connectivity index (χ4v) is 10.2. The molecule has 4 aliphatic rings. The van der Waals surface area contributed by atoms with Gasteiger partial charge in [-0.15, -0.1) is 0 Å². The van der Waals surface area contributed by atoms with Crippen LogP contribution >= 0.6 is 0 Å². The number of aryl methyl sites for hydroxylation is 1. The van der Waals surface area contributed by atoms with Crippen LogP contribution in [0.15, 0.2) is 77.7 Å². The van der Waals surface area contributed by atoms with Crippen LogP contribution in [0, 0.1) is 35.4 Å². The van der Waals surface area contributed by atoms with E-state index in [1.807, 2.05) is 75.6 Å². The summed E-state index contributed by atoms with van der Waals surface area (Å²) in [6, 6.07) is 15.6. The molecule has 0 bridgehead atoms. The van der Waals surface area contributed by atoms with Crippen molar-refractivity contribution in [1.29, 1.82) is 0 Å². The lowest BCUT2D eigenvalue weighted by Gasteiger charge is -2.36. The molecule has 1 saturated carbocycles. The number of aromatic nitrogens is 6. The second-order valence-electron chi connectivity index (χ2n) is 20.1. The number of para-hydroxylation sites is 1. The highest BCUT2D eigenvalue weighted by Crippen LogP contribution is 2.35. The summed E-state index contributed by atoms with van der Waals surface area (Å²) < 4.78 is 23.3. The summed E-state index contributed by atoms with van der Waals surface area (Å²) in [4.78, 5) is 42.9. The van der Waals surface area contributed by atoms with Crippen LogP contribution in [0.2, 0.25) is 0 Å². The Bertz CT molecular complexity index is 2840. The number of nitrogen functional groups attached to an aromatic ring is 1. The van der Waals surface area contributed by atoms with Gasteiger partial charge in [0.05, 0.1) is 29.6 Å². The van der Waals surface area contributed by atoms with Gasteiger partial charge < -0.3 is 40.5 Å². The standard InChI is InChI=1S/C36H50FN7O4.C18H16N4O/c1-23(2)33(31-20-32(40-48-31)43-18-11-25(12-19-43)22-42-16-13-28(45)14-17-42)36(47)44-15-5-6-30(44)35(46)39-24(3)26-7-9-27(10-8-26)34-29(37)21-38-41(34)4;19-17-13(9-8-12-4-3-5-12)10-22-11-15(20-18(22)21-17)14-6-1-2-7-16(14)23/h7-10,20-21,23-25,28,30,33,45H,5-6,11-19,22H2,1-4H3,(H,39,46);1-2,6-7,10-12,23H,3-5H2,(H2,19,20,21). The number of carbonyl (C=O) groups is 2. The average Bonchev–Trinajstić information content (AvgIpc) is 4.18. The summed E-state index contributed by atoms with van der Waals surface area (Å²) in [5.41, 5.74) is 10.0. The first-order chi connectivity index (χ1) is 34.3. The number of imidazole rings is 1. The number of nitrogens with zero attached hydrogens (tertiary/aromatic N) is 9. The van der Waals surface area contributed by atoms with Gasteiger partial charge in [0.2, 0.25) is 17.6 Å². The van der Waals surface area contributed by atoms with Crippen LogP contribution in [0.25, 0.3) is 28.3 Å². The van der Waals surface area contributed by atoms with Crippen molar-refractivity contribution in [2.75, 3.05) is 49.9 Å². The molecule has 17 heteroatoms. The Morgan fingerprint density at radius 1 is 0.930 bits per heavy atom. The molecule has 2 aromatic carbocycles. The van der Waals surface area contributed by atoms with Crippen LogP contribution in [-0.2, 0) is 16.6 Å². The SMILES string of the molecule is CC(NC(=O)C1CCCN1C(=O)C(c1cc(N2CCC(CN3CCC(O)CC3)CC2)no1)C(C)C)c1ccc(-c2c(F)cnn2C)cc1.Nc1nc2nc(-c3ccccc3O)cn2cc1C#CC1CCC1. The molecule has 3 atom stereocenters. The monoisotopic (exact) mass is 968 g/mol. The van der Waals surface area contributed by atoms with E-state index in [0.717, 1.165) is 76.2 Å². The quantitative estimate of drug-likeness (QED) is 0.0946. The number of benzene rings is 2. The van der Waals surface area contributed by atoms with E-state index in [-0.39, 0.29) is 41.4 Å². The third-order valence-corrected chi connectivity index (χ3v) is 14.7. The molecular formula is C54H66FN11O5. The van der Waals surface area contributed by atoms with Gasteiger partial charge in [0.25, 0.3) is 0 Å². The summed E-state index contributed by atoms with van der Waals surface area (Å²) in [6.45, 7) is 11.2. The number of nitrogens with two attached hydrogens (primary N) is 1. The molecular weight excluding hydrogens is 902 g/mol. The van der Waals surface area contributed by atoms with Crippen LogP contribution in [0.1, 0.15) is 107 Å². The summed E-state index contributed by atoms with van der Waals surface area (Å²) in [5.74, 6) is 8.63. The van der Waals surface area contributed by atoms with E-state index in [1.165, 1.54) is 30.1 Å². The molecule has 5 N–H and O–H groups in total. The minimum Gasteiger partial charge on any atom is -0.507 e. The topological polar surface area (TPSA) is 196 Å². The zero-order valence-electron chi connectivity index (χ0n) is 41.2. The van der Waals surface area contributed by atoms with Crippen molar-refractivity contribution in [2.24, 2.45) is 24.8 Å². The Hall–Kier alpha value is -6.77. The Kier molecular flexibility index (Phi) is 15.0. The number of aliphatic hydroxyl groups is 1. The minimum atomic E-state index is -0.561. The third kappa shape index (κ3) is 11.2. The van der Waals surface area contributed by atoms with Crippen molar-refractivity contribution in [2.45, 2.75) is 103 Å². The Morgan fingerprint density at radius 3 is 2.35 bits per heavy atom. The molecule has 4 aromatic heterocycles. The zero-order valence-corrected chi connectivity index (χ0v) is 41.2. The Balaban J connectivity index is 0.000000225. The molecule has 3 unspecified atom stereocenters. The maximum absolute atomic E-state index is 14.2. The van der Waals surface area contributed by atoms with Gasteiger partial charge in [-0.05, 0) is 87.8 Å². The molecule has 7 heterocycles. The Morgan fingerprint density at radius 2 is 1.68 bits per heavy atom. The van der Waals surface area contributed by atoms with Gasteiger partial charge in [-0.25, -0.2) is 9.37 Å². The number of aromatic hydroxyl groups is 1. The molecule has 4 fully saturated rings. The van der Waals surface area contributed by atoms with Gasteiger partial charge in [0, 0.05) is 81.8 Å². The fraction of sp³-hybridized carbons (Fsp3) is 0.481. The number of halogens is 1. The molecule has 374 valence electrons. The predicted molar refractivity (Wildman–Crippen MR) is 269 cm³/mol. The maximum Gasteiger partial charge on any atom is 0.243 e. The molecule has 71 heavy (non-hydrogen) atoms. The highest BCUT2D eigenvalue weighted by Gasteiger charge is 2.41. The predicted octanol–water partition coefficient (Wildman–Crippen LogP) is 7.33. The number of phenols is 1. The molecule has 3 aliphatic heterocycles. The lowest BCUT2D eigenvalue weighted by Crippen LogP contribution is -2.48. The molecule has 10 rings (SSSR count). The van der Waals surface area contributed by atoms with Gasteiger partial charge in [-0.1, -0.05) is 73.7 Å². The molecule has 3 saturated heterocycles. The van der Waals surface area contributed by atoms with E-state index in [4.69, 9.17) is 10.3 Å². The number of hydrogen-bond donors (Lipinski definition) is 4. The number of rotatable bonds is 11. The van der Waals surface area contributed by atoms with Crippen molar-refractivity contribution in [3.63, 3.8) is 0 Å². The van der Waals surface area contributed by atoms with E-state index in [9.17, 15) is 24.2 Å². The number of piperidine rings is 2. The zero-order chi connectivity index (χ0) is 49.8. The van der Waals surface area contributed by atoms with Gasteiger partial charge in [-0.2, -0.15) is 10.1 Å². The summed E-state index contributed by atoms with van der Waals surface area (Å²) in [6.07, 6.45) is 13.6. The molecule has 16 nitrogen and oxygen atoms in total. The number of hydrogen-bond acceptors (Lipinski definition) is 12. The van der Waals surface area contributed by atoms with Crippen LogP contribution in [-0.4, -0.2) is 113 Å². The normalized spacial score (nSPS) is 18.9. The molecule has 1 aliphatic carbocycles. The molecule has 2 amide bonds. The van der Waals surface area contributed by atoms with E-state index in [1.54, 1.807) is 28.5 Å². The van der Waals surface area contributed by atoms with Gasteiger partial charge in [0.1, 0.15) is 29.2 Å². The Labute approximate surface area is 414 Å². The van der Waals surface area contributed by atoms with Crippen molar-refractivity contribution in [3.8, 4) is 40.1 Å². The van der Waals surface area contributed by atoms with E-state index >= 15 is 0 Å². The second kappa shape index (κ2) is 21.7. The number of phenolic OH excluding ortho intramolecular Hbond substituents is 1. The van der Waals surface area contributed by atoms with Crippen molar-refractivity contribution >= 4 is 29.2 Å². The molecule has 0 spiro atoms. The van der Waals surface area contributed by atoms with Crippen LogP contribution in [0.3, 0.4) is 0 Å². The summed E-state index contributed by atoms with van der Waals surface area (Å²) in [5, 5.41) is 31.3. The largest absolute Gasteiger partial charge is 0.507 e. The van der Waals surface area contributed by atoms with Gasteiger partial charge >= 0.3 is 0 Å². The van der Waals surface area contributed by atoms with E-state index in [0.29, 0.717) is 70.2 Å². The van der Waals surface area contributed by atoms with Crippen molar-refractivity contribution in [1.82, 2.24) is 44.4 Å². The first-order valence-corrected chi connectivity index (χ1v) is 25.2. The molecule has 0 radical (unpaired) electrons. The highest BCUT2D eigenvalue weighted by atomic mass is 19.1. The first-order valence-electron chi connectivity index (χ1n) is 25.2. The van der Waals surface area contributed by atoms with E-state index in [2.05, 4.69) is 47.2 Å². The number of carbonyl (C=O) groups excluding carboxylic acids is 2. The van der Waals surface area contributed by atoms with Gasteiger partial charge in [-0.3, -0.25) is 18.7 Å². The van der Waals surface area contributed by atoms with Crippen LogP contribution in [0.5, 0.6) is 5.75 Å². The van der Waals surface area contributed by atoms with Crippen molar-refractivity contribution < 1.29 is 28.7 Å². The summed E-state index contributed by atoms with van der Waals surface area (Å²) in [7, 11) is 1.70. The first kappa shape index (κ1) is 49.2. The van der Waals surface area contributed by atoms with E-state index < -0.39 is 12.0 Å². The number of anilines is 2. The van der Waals surface area contributed by atoms with Crippen molar-refractivity contribution in [3.05, 3.63) is 95.9 Å². The fourth-order valence-electron chi connectivity index (χ4n) is 10.2. The highest BCUT2D eigenvalue weighted by molar-refractivity contribution is 5.91. The number of likely N-dealkylation sites (tertiary alicyclic amines) is 2. The molecule has 6 aromatic rings. The van der Waals surface area contributed by atoms with Crippen LogP contribution < -0.4 is 16.0 Å².